The van der Waals surface area contributed by atoms with Crippen LogP contribution >= 0.6 is 0 Å². The Labute approximate surface area is 193 Å². The molecule has 0 fully saturated rings. The van der Waals surface area contributed by atoms with Gasteiger partial charge in [-0.05, 0) is 59.7 Å². The SMILES string of the molecule is O=C(/C=C/c1cccnc1)Nc1ccc(S(=O)(=O)Cc2cccc(N3C=COCC3)c2)cc1. The number of carbonyl (C=O) groups is 1. The Kier molecular flexibility index (Phi) is 6.85. The quantitative estimate of drug-likeness (QED) is 0.535. The van der Waals surface area contributed by atoms with Crippen LogP contribution in [0.4, 0.5) is 11.4 Å². The summed E-state index contributed by atoms with van der Waals surface area (Å²) in [4.78, 5) is 18.3. The fourth-order valence-corrected chi connectivity index (χ4v) is 4.66. The number of nitrogens with one attached hydrogen (secondary N) is 1. The molecule has 1 N–H and O–H groups in total. The number of pyridine rings is 1. The van der Waals surface area contributed by atoms with Crippen LogP contribution in [0.5, 0.6) is 0 Å². The Bertz CT molecular complexity index is 1270. The summed E-state index contributed by atoms with van der Waals surface area (Å²) in [5, 5.41) is 2.72. The van der Waals surface area contributed by atoms with Gasteiger partial charge in [-0.3, -0.25) is 9.78 Å². The third-order valence-corrected chi connectivity index (χ3v) is 6.68. The fraction of sp³-hybridized carbons (Fsp3) is 0.120. The van der Waals surface area contributed by atoms with Gasteiger partial charge in [0.05, 0.1) is 23.5 Å². The van der Waals surface area contributed by atoms with E-state index in [9.17, 15) is 13.2 Å². The van der Waals surface area contributed by atoms with Crippen LogP contribution in [0.1, 0.15) is 11.1 Å². The highest BCUT2D eigenvalue weighted by Gasteiger charge is 2.17. The number of benzene rings is 2. The first-order valence-electron chi connectivity index (χ1n) is 10.4. The number of ether oxygens (including phenoxy) is 1. The van der Waals surface area contributed by atoms with Crippen molar-refractivity contribution in [3.05, 3.63) is 103 Å². The zero-order valence-electron chi connectivity index (χ0n) is 17.8. The summed E-state index contributed by atoms with van der Waals surface area (Å²) in [5.74, 6) is -0.433. The number of sulfone groups is 1. The molecular formula is C25H23N3O4S. The number of anilines is 2. The standard InChI is InChI=1S/C25H23N3O4S/c29-25(11-6-20-4-2-12-26-18-20)27-22-7-9-24(10-8-22)33(30,31)19-21-3-1-5-23(17-21)28-13-15-32-16-14-28/h1-13,15,17-18H,14,16,19H2,(H,27,29)/b11-6+. The van der Waals surface area contributed by atoms with Crippen molar-refractivity contribution in [3.63, 3.8) is 0 Å². The molecule has 33 heavy (non-hydrogen) atoms. The topological polar surface area (TPSA) is 88.6 Å². The molecule has 4 rings (SSSR count). The van der Waals surface area contributed by atoms with Gasteiger partial charge in [-0.25, -0.2) is 8.42 Å². The van der Waals surface area contributed by atoms with Crippen molar-refractivity contribution in [2.75, 3.05) is 23.4 Å². The summed E-state index contributed by atoms with van der Waals surface area (Å²) in [6.07, 6.45) is 9.82. The molecule has 0 unspecified atom stereocenters. The number of amides is 1. The fourth-order valence-electron chi connectivity index (χ4n) is 3.33. The molecule has 0 saturated heterocycles. The molecule has 0 bridgehead atoms. The molecule has 0 atom stereocenters. The predicted octanol–water partition coefficient (Wildman–Crippen LogP) is 4.02. The molecule has 2 aromatic carbocycles. The van der Waals surface area contributed by atoms with Gasteiger partial charge in [0, 0.05) is 36.0 Å². The van der Waals surface area contributed by atoms with E-state index in [1.807, 2.05) is 35.4 Å². The minimum absolute atomic E-state index is 0.117. The van der Waals surface area contributed by atoms with Gasteiger partial charge in [0.2, 0.25) is 5.91 Å². The maximum atomic E-state index is 12.9. The van der Waals surface area contributed by atoms with E-state index in [0.717, 1.165) is 11.3 Å². The number of carbonyl (C=O) groups excluding carboxylic acids is 1. The normalized spacial score (nSPS) is 13.6. The lowest BCUT2D eigenvalue weighted by Crippen LogP contribution is -2.24. The number of hydrogen-bond acceptors (Lipinski definition) is 6. The van der Waals surface area contributed by atoms with Crippen LogP contribution in [0.15, 0.2) is 96.5 Å². The summed E-state index contributed by atoms with van der Waals surface area (Å²) < 4.78 is 31.1. The van der Waals surface area contributed by atoms with Crippen LogP contribution in [0, 0.1) is 0 Å². The van der Waals surface area contributed by atoms with Gasteiger partial charge in [-0.1, -0.05) is 18.2 Å². The average molecular weight is 462 g/mol. The third kappa shape index (κ3) is 6.08. The maximum absolute atomic E-state index is 12.9. The first-order valence-corrected chi connectivity index (χ1v) is 12.0. The smallest absolute Gasteiger partial charge is 0.248 e. The predicted molar refractivity (Wildman–Crippen MR) is 128 cm³/mol. The second-order valence-corrected chi connectivity index (χ2v) is 9.40. The van der Waals surface area contributed by atoms with Crippen LogP contribution in [0.25, 0.3) is 6.08 Å². The molecule has 2 heterocycles. The largest absolute Gasteiger partial charge is 0.498 e. The van der Waals surface area contributed by atoms with E-state index in [-0.39, 0.29) is 16.6 Å². The summed E-state index contributed by atoms with van der Waals surface area (Å²) in [7, 11) is -3.55. The molecule has 1 aliphatic heterocycles. The van der Waals surface area contributed by atoms with Crippen LogP contribution in [0.3, 0.4) is 0 Å². The monoisotopic (exact) mass is 461 g/mol. The van der Waals surface area contributed by atoms with Gasteiger partial charge in [0.1, 0.15) is 6.61 Å². The molecule has 0 aliphatic carbocycles. The van der Waals surface area contributed by atoms with E-state index in [1.165, 1.54) is 18.2 Å². The molecule has 3 aromatic rings. The van der Waals surface area contributed by atoms with Crippen LogP contribution in [-0.2, 0) is 25.1 Å². The van der Waals surface area contributed by atoms with Crippen LogP contribution in [-0.4, -0.2) is 32.5 Å². The summed E-state index contributed by atoms with van der Waals surface area (Å²) in [6, 6.07) is 17.2. The second kappa shape index (κ2) is 10.1. The number of nitrogens with zero attached hydrogens (tertiary/aromatic N) is 2. The van der Waals surface area contributed by atoms with Gasteiger partial charge in [-0.15, -0.1) is 0 Å². The van der Waals surface area contributed by atoms with Crippen molar-refractivity contribution >= 4 is 33.2 Å². The Hall–Kier alpha value is -3.91. The summed E-state index contributed by atoms with van der Waals surface area (Å²) in [6.45, 7) is 1.29. The van der Waals surface area contributed by atoms with E-state index >= 15 is 0 Å². The van der Waals surface area contributed by atoms with E-state index in [1.54, 1.807) is 49.0 Å². The Morgan fingerprint density at radius 1 is 1.12 bits per heavy atom. The van der Waals surface area contributed by atoms with Gasteiger partial charge in [-0.2, -0.15) is 0 Å². The van der Waals surface area contributed by atoms with Crippen molar-refractivity contribution in [1.29, 1.82) is 0 Å². The maximum Gasteiger partial charge on any atom is 0.248 e. The van der Waals surface area contributed by atoms with Crippen molar-refractivity contribution in [2.24, 2.45) is 0 Å². The Morgan fingerprint density at radius 3 is 2.70 bits per heavy atom. The van der Waals surface area contributed by atoms with E-state index < -0.39 is 9.84 Å². The Balaban J connectivity index is 1.40. The molecule has 1 amide bonds. The molecule has 1 aliphatic rings. The highest BCUT2D eigenvalue weighted by Crippen LogP contribution is 2.23. The van der Waals surface area contributed by atoms with Crippen LogP contribution in [0.2, 0.25) is 0 Å². The lowest BCUT2D eigenvalue weighted by molar-refractivity contribution is -0.111. The van der Waals surface area contributed by atoms with E-state index in [2.05, 4.69) is 10.3 Å². The lowest BCUT2D eigenvalue weighted by Gasteiger charge is -2.24. The average Bonchev–Trinajstić information content (AvgIpc) is 2.84. The molecule has 7 nitrogen and oxygen atoms in total. The number of aromatic nitrogens is 1. The highest BCUT2D eigenvalue weighted by molar-refractivity contribution is 7.90. The summed E-state index contributed by atoms with van der Waals surface area (Å²) in [5.41, 5.74) is 2.93. The zero-order chi connectivity index (χ0) is 23.1. The molecular weight excluding hydrogens is 438 g/mol. The molecule has 8 heteroatoms. The second-order valence-electron chi connectivity index (χ2n) is 7.41. The van der Waals surface area contributed by atoms with E-state index in [4.69, 9.17) is 4.74 Å². The zero-order valence-corrected chi connectivity index (χ0v) is 18.6. The Morgan fingerprint density at radius 2 is 1.97 bits per heavy atom. The first-order chi connectivity index (χ1) is 16.0. The summed E-state index contributed by atoms with van der Waals surface area (Å²) >= 11 is 0. The molecule has 1 aromatic heterocycles. The number of rotatable bonds is 7. The van der Waals surface area contributed by atoms with Crippen molar-refractivity contribution < 1.29 is 17.9 Å². The van der Waals surface area contributed by atoms with Crippen molar-refractivity contribution in [1.82, 2.24) is 4.98 Å². The number of hydrogen-bond donors (Lipinski definition) is 1. The minimum Gasteiger partial charge on any atom is -0.498 e. The third-order valence-electron chi connectivity index (χ3n) is 4.98. The molecule has 168 valence electrons. The van der Waals surface area contributed by atoms with Crippen molar-refractivity contribution in [3.8, 4) is 0 Å². The lowest BCUT2D eigenvalue weighted by atomic mass is 10.2. The van der Waals surface area contributed by atoms with Crippen LogP contribution < -0.4 is 10.2 Å². The molecule has 0 saturated carbocycles. The minimum atomic E-state index is -3.55. The van der Waals surface area contributed by atoms with Gasteiger partial charge >= 0.3 is 0 Å². The van der Waals surface area contributed by atoms with Gasteiger partial charge in [0.15, 0.2) is 9.84 Å². The van der Waals surface area contributed by atoms with E-state index in [0.29, 0.717) is 24.4 Å². The first kappa shape index (κ1) is 22.3. The highest BCUT2D eigenvalue weighted by atomic mass is 32.2. The molecule has 0 spiro atoms. The van der Waals surface area contributed by atoms with Gasteiger partial charge < -0.3 is 15.0 Å². The molecule has 0 radical (unpaired) electrons. The van der Waals surface area contributed by atoms with Crippen molar-refractivity contribution in [2.45, 2.75) is 10.6 Å². The van der Waals surface area contributed by atoms with Gasteiger partial charge in [0.25, 0.3) is 0 Å².